The van der Waals surface area contributed by atoms with Crippen molar-refractivity contribution in [2.24, 2.45) is 0 Å². The predicted octanol–water partition coefficient (Wildman–Crippen LogP) is 3.99. The highest BCUT2D eigenvalue weighted by Gasteiger charge is 2.14. The van der Waals surface area contributed by atoms with Crippen LogP contribution in [0.4, 0.5) is 5.82 Å². The zero-order chi connectivity index (χ0) is 14.5. The van der Waals surface area contributed by atoms with Gasteiger partial charge in [-0.15, -0.1) is 0 Å². The van der Waals surface area contributed by atoms with E-state index in [9.17, 15) is 0 Å². The van der Waals surface area contributed by atoms with Gasteiger partial charge in [0.2, 0.25) is 5.88 Å². The molecule has 0 saturated carbocycles. The summed E-state index contributed by atoms with van der Waals surface area (Å²) in [5.41, 5.74) is -0.0245. The second kappa shape index (κ2) is 6.73. The maximum atomic E-state index is 5.70. The van der Waals surface area contributed by atoms with E-state index in [0.29, 0.717) is 12.5 Å². The minimum Gasteiger partial charge on any atom is -0.478 e. The number of nitrogens with one attached hydrogen (secondary N) is 1. The van der Waals surface area contributed by atoms with Gasteiger partial charge in [-0.05, 0) is 27.2 Å². The molecule has 0 aliphatic rings. The second-order valence-electron chi connectivity index (χ2n) is 6.18. The van der Waals surface area contributed by atoms with Gasteiger partial charge in [0.1, 0.15) is 11.6 Å². The van der Waals surface area contributed by atoms with E-state index in [2.05, 4.69) is 56.8 Å². The molecule has 0 aromatic carbocycles. The summed E-state index contributed by atoms with van der Waals surface area (Å²) in [6, 6.07) is 1.88. The third-order valence-corrected chi connectivity index (χ3v) is 2.49. The van der Waals surface area contributed by atoms with E-state index in [4.69, 9.17) is 4.74 Å². The van der Waals surface area contributed by atoms with Gasteiger partial charge in [-0.3, -0.25) is 0 Å². The molecule has 0 aliphatic carbocycles. The first-order valence-electron chi connectivity index (χ1n) is 7.12. The lowest BCUT2D eigenvalue weighted by atomic mass is 10.1. The predicted molar refractivity (Wildman–Crippen MR) is 79.9 cm³/mol. The Hall–Kier alpha value is -1.32. The van der Waals surface area contributed by atoms with E-state index in [-0.39, 0.29) is 11.5 Å². The van der Waals surface area contributed by atoms with Crippen LogP contribution in [0.15, 0.2) is 6.07 Å². The third-order valence-electron chi connectivity index (χ3n) is 2.49. The second-order valence-corrected chi connectivity index (χ2v) is 6.18. The Balaban J connectivity index is 2.90. The molecule has 0 unspecified atom stereocenters. The molecule has 1 N–H and O–H groups in total. The van der Waals surface area contributed by atoms with Crippen LogP contribution in [0.5, 0.6) is 5.88 Å². The molecule has 0 radical (unpaired) electrons. The topological polar surface area (TPSA) is 47.0 Å². The molecule has 108 valence electrons. The van der Waals surface area contributed by atoms with Gasteiger partial charge in [0.05, 0.1) is 6.61 Å². The summed E-state index contributed by atoms with van der Waals surface area (Å²) < 4.78 is 5.70. The van der Waals surface area contributed by atoms with Crippen molar-refractivity contribution in [1.29, 1.82) is 0 Å². The van der Waals surface area contributed by atoms with E-state index in [1.54, 1.807) is 0 Å². The van der Waals surface area contributed by atoms with Crippen LogP contribution in [0.3, 0.4) is 0 Å². The van der Waals surface area contributed by atoms with Crippen LogP contribution in [-0.4, -0.2) is 22.1 Å². The van der Waals surface area contributed by atoms with Crippen molar-refractivity contribution in [3.8, 4) is 5.88 Å². The number of hydrogen-bond donors (Lipinski definition) is 1. The van der Waals surface area contributed by atoms with Crippen LogP contribution in [-0.2, 0) is 0 Å². The highest BCUT2D eigenvalue weighted by Crippen LogP contribution is 2.21. The number of rotatable bonds is 6. The summed E-state index contributed by atoms with van der Waals surface area (Å²) in [6.07, 6.45) is 2.16. The van der Waals surface area contributed by atoms with Crippen molar-refractivity contribution in [2.75, 3.05) is 11.9 Å². The first kappa shape index (κ1) is 15.7. The maximum Gasteiger partial charge on any atom is 0.218 e. The smallest absolute Gasteiger partial charge is 0.218 e. The maximum absolute atomic E-state index is 5.70. The standard InChI is InChI=1S/C15H27N3O/c1-7-8-9-19-13-10-12(18-15(4,5)6)16-14(17-13)11(2)3/h10-11H,7-9H2,1-6H3,(H,16,17,18). The summed E-state index contributed by atoms with van der Waals surface area (Å²) in [7, 11) is 0. The van der Waals surface area contributed by atoms with Crippen LogP contribution >= 0.6 is 0 Å². The normalized spacial score (nSPS) is 11.7. The molecule has 0 spiro atoms. The Morgan fingerprint density at radius 1 is 1.26 bits per heavy atom. The fraction of sp³-hybridized carbons (Fsp3) is 0.733. The summed E-state index contributed by atoms with van der Waals surface area (Å²) in [4.78, 5) is 9.01. The van der Waals surface area contributed by atoms with Crippen LogP contribution in [0.25, 0.3) is 0 Å². The highest BCUT2D eigenvalue weighted by atomic mass is 16.5. The van der Waals surface area contributed by atoms with Gasteiger partial charge in [0.25, 0.3) is 0 Å². The minimum atomic E-state index is -0.0245. The number of ether oxygens (including phenoxy) is 1. The molecule has 1 aromatic rings. The first-order chi connectivity index (χ1) is 8.81. The Kier molecular flexibility index (Phi) is 5.58. The molecular weight excluding hydrogens is 238 g/mol. The molecule has 0 atom stereocenters. The molecule has 1 heterocycles. The van der Waals surface area contributed by atoms with Gasteiger partial charge >= 0.3 is 0 Å². The van der Waals surface area contributed by atoms with Crippen LogP contribution in [0.2, 0.25) is 0 Å². The molecule has 19 heavy (non-hydrogen) atoms. The lowest BCUT2D eigenvalue weighted by Gasteiger charge is -2.22. The van der Waals surface area contributed by atoms with Crippen LogP contribution in [0.1, 0.15) is 66.1 Å². The van der Waals surface area contributed by atoms with Gasteiger partial charge in [-0.25, -0.2) is 4.98 Å². The Labute approximate surface area is 117 Å². The molecular formula is C15H27N3O. The third kappa shape index (κ3) is 5.90. The largest absolute Gasteiger partial charge is 0.478 e. The van der Waals surface area contributed by atoms with Gasteiger partial charge < -0.3 is 10.1 Å². The molecule has 1 rings (SSSR count). The number of nitrogens with zero attached hydrogens (tertiary/aromatic N) is 2. The molecule has 0 saturated heterocycles. The molecule has 4 nitrogen and oxygen atoms in total. The van der Waals surface area contributed by atoms with Crippen molar-refractivity contribution < 1.29 is 4.74 Å². The fourth-order valence-electron chi connectivity index (χ4n) is 1.54. The van der Waals surface area contributed by atoms with Crippen LogP contribution in [0, 0.1) is 0 Å². The van der Waals surface area contributed by atoms with Crippen molar-refractivity contribution in [2.45, 2.75) is 65.8 Å². The number of hydrogen-bond acceptors (Lipinski definition) is 4. The first-order valence-corrected chi connectivity index (χ1v) is 7.12. The Morgan fingerprint density at radius 2 is 1.95 bits per heavy atom. The average molecular weight is 265 g/mol. The van der Waals surface area contributed by atoms with E-state index >= 15 is 0 Å². The van der Waals surface area contributed by atoms with E-state index in [1.807, 2.05) is 6.07 Å². The highest BCUT2D eigenvalue weighted by molar-refractivity contribution is 5.40. The van der Waals surface area contributed by atoms with Crippen molar-refractivity contribution in [1.82, 2.24) is 9.97 Å². The van der Waals surface area contributed by atoms with E-state index in [0.717, 1.165) is 24.5 Å². The molecule has 0 bridgehead atoms. The molecule has 0 aliphatic heterocycles. The number of unbranched alkanes of at least 4 members (excludes halogenated alkanes) is 1. The van der Waals surface area contributed by atoms with Crippen molar-refractivity contribution in [3.63, 3.8) is 0 Å². The van der Waals surface area contributed by atoms with Gasteiger partial charge in [-0.1, -0.05) is 27.2 Å². The van der Waals surface area contributed by atoms with Gasteiger partial charge in [0.15, 0.2) is 0 Å². The fourth-order valence-corrected chi connectivity index (χ4v) is 1.54. The lowest BCUT2D eigenvalue weighted by Crippen LogP contribution is -2.27. The monoisotopic (exact) mass is 265 g/mol. The lowest BCUT2D eigenvalue weighted by molar-refractivity contribution is 0.296. The minimum absolute atomic E-state index is 0.0245. The Morgan fingerprint density at radius 3 is 2.47 bits per heavy atom. The SMILES string of the molecule is CCCCOc1cc(NC(C)(C)C)nc(C(C)C)n1. The summed E-state index contributed by atoms with van der Waals surface area (Å²) in [5, 5.41) is 3.38. The molecule has 1 aromatic heterocycles. The quantitative estimate of drug-likeness (QED) is 0.790. The zero-order valence-corrected chi connectivity index (χ0v) is 13.1. The number of anilines is 1. The van der Waals surface area contributed by atoms with Crippen molar-refractivity contribution >= 4 is 5.82 Å². The molecule has 0 amide bonds. The summed E-state index contributed by atoms with van der Waals surface area (Å²) in [6.45, 7) is 13.4. The van der Waals surface area contributed by atoms with E-state index < -0.39 is 0 Å². The number of aromatic nitrogens is 2. The Bertz CT molecular complexity index is 397. The van der Waals surface area contributed by atoms with Gasteiger partial charge in [0, 0.05) is 17.5 Å². The van der Waals surface area contributed by atoms with E-state index in [1.165, 1.54) is 0 Å². The molecule has 4 heteroatoms. The summed E-state index contributed by atoms with van der Waals surface area (Å²) in [5.74, 6) is 2.60. The molecule has 0 fully saturated rings. The summed E-state index contributed by atoms with van der Waals surface area (Å²) >= 11 is 0. The average Bonchev–Trinajstić information content (AvgIpc) is 2.26. The zero-order valence-electron chi connectivity index (χ0n) is 13.1. The van der Waals surface area contributed by atoms with Crippen molar-refractivity contribution in [3.05, 3.63) is 11.9 Å². The van der Waals surface area contributed by atoms with Crippen LogP contribution < -0.4 is 10.1 Å². The van der Waals surface area contributed by atoms with Gasteiger partial charge in [-0.2, -0.15) is 4.98 Å².